The largest absolute Gasteiger partial charge is 0.276 e. The lowest BCUT2D eigenvalue weighted by atomic mass is 10.00. The molecule has 2 rings (SSSR count). The lowest BCUT2D eigenvalue weighted by Crippen LogP contribution is -1.95. The fourth-order valence-electron chi connectivity index (χ4n) is 1.68. The van der Waals surface area contributed by atoms with Gasteiger partial charge in [0.05, 0.1) is 15.1 Å². The Morgan fingerprint density at radius 3 is 2.11 bits per heavy atom. The zero-order valence-electron chi connectivity index (χ0n) is 9.18. The molecular formula is C13H5Cl5O. The van der Waals surface area contributed by atoms with Crippen LogP contribution in [0.5, 0.6) is 0 Å². The highest BCUT2D eigenvalue weighted by atomic mass is 35.5. The van der Waals surface area contributed by atoms with Gasteiger partial charge >= 0.3 is 0 Å². The molecule has 1 nitrogen and oxygen atoms in total. The molecule has 0 N–H and O–H groups in total. The second-order valence-corrected chi connectivity index (χ2v) is 5.65. The summed E-state index contributed by atoms with van der Waals surface area (Å²) in [4.78, 5) is 11.5. The van der Waals surface area contributed by atoms with Crippen LogP contribution in [0, 0.1) is 0 Å². The Kier molecular flexibility index (Phi) is 4.65. The summed E-state index contributed by atoms with van der Waals surface area (Å²) in [5.74, 6) is 0. The highest BCUT2D eigenvalue weighted by Gasteiger charge is 2.17. The van der Waals surface area contributed by atoms with Gasteiger partial charge in [0.1, 0.15) is 0 Å². The van der Waals surface area contributed by atoms with Crippen LogP contribution in [0.3, 0.4) is 0 Å². The zero-order valence-corrected chi connectivity index (χ0v) is 13.0. The maximum absolute atomic E-state index is 11.5. The van der Waals surface area contributed by atoms with Crippen molar-refractivity contribution < 1.29 is 4.79 Å². The second kappa shape index (κ2) is 5.90. The minimum Gasteiger partial charge on any atom is -0.276 e. The second-order valence-electron chi connectivity index (χ2n) is 3.68. The third-order valence-corrected chi connectivity index (χ3v) is 4.06. The van der Waals surface area contributed by atoms with Gasteiger partial charge in [-0.1, -0.05) is 52.5 Å². The fourth-order valence-corrected chi connectivity index (χ4v) is 2.75. The summed E-state index contributed by atoms with van der Waals surface area (Å²) in [6.07, 6.45) is 0. The summed E-state index contributed by atoms with van der Waals surface area (Å²) in [5.41, 5.74) is 1.20. The van der Waals surface area contributed by atoms with E-state index < -0.39 is 5.24 Å². The Balaban J connectivity index is 2.79. The van der Waals surface area contributed by atoms with E-state index in [2.05, 4.69) is 0 Å². The third kappa shape index (κ3) is 3.01. The first kappa shape index (κ1) is 15.0. The lowest BCUT2D eigenvalue weighted by molar-refractivity contribution is 0.108. The Bertz CT molecular complexity index is 666. The molecule has 0 amide bonds. The number of benzene rings is 2. The van der Waals surface area contributed by atoms with Gasteiger partial charge in [0.25, 0.3) is 5.24 Å². The molecule has 0 fully saturated rings. The standard InChI is InChI=1S/C13H5Cl5O/c14-8-3-1-2-6(13(18)19)12(8)7-4-10(16)11(17)5-9(7)15/h1-5H. The molecule has 0 heterocycles. The van der Waals surface area contributed by atoms with E-state index >= 15 is 0 Å². The predicted octanol–water partition coefficient (Wildman–Crippen LogP) is 6.35. The molecule has 98 valence electrons. The van der Waals surface area contributed by atoms with Gasteiger partial charge in [-0.15, -0.1) is 0 Å². The number of halogens is 5. The van der Waals surface area contributed by atoms with Crippen molar-refractivity contribution in [3.63, 3.8) is 0 Å². The molecule has 6 heteroatoms. The van der Waals surface area contributed by atoms with Crippen molar-refractivity contribution in [3.8, 4) is 11.1 Å². The van der Waals surface area contributed by atoms with E-state index in [1.807, 2.05) is 0 Å². The summed E-state index contributed by atoms with van der Waals surface area (Å²) in [5, 5.41) is 0.697. The van der Waals surface area contributed by atoms with Crippen LogP contribution in [0.25, 0.3) is 11.1 Å². The van der Waals surface area contributed by atoms with E-state index in [1.165, 1.54) is 6.07 Å². The molecule has 2 aromatic carbocycles. The summed E-state index contributed by atoms with van der Waals surface area (Å²) < 4.78 is 0. The van der Waals surface area contributed by atoms with Crippen molar-refractivity contribution in [3.05, 3.63) is 56.0 Å². The van der Waals surface area contributed by atoms with Crippen molar-refractivity contribution in [1.29, 1.82) is 0 Å². The zero-order chi connectivity index (χ0) is 14.2. The van der Waals surface area contributed by atoms with Crippen LogP contribution >= 0.6 is 58.0 Å². The Labute approximate surface area is 135 Å². The van der Waals surface area contributed by atoms with Crippen molar-refractivity contribution in [1.82, 2.24) is 0 Å². The number of hydrogen-bond acceptors (Lipinski definition) is 1. The molecule has 0 atom stereocenters. The average Bonchev–Trinajstić information content (AvgIpc) is 2.34. The molecule has 0 aliphatic carbocycles. The number of rotatable bonds is 2. The fraction of sp³-hybridized carbons (Fsp3) is 0. The van der Waals surface area contributed by atoms with Crippen LogP contribution in [-0.2, 0) is 0 Å². The molecule has 0 aromatic heterocycles. The van der Waals surface area contributed by atoms with Crippen LogP contribution in [0.15, 0.2) is 30.3 Å². The van der Waals surface area contributed by atoms with Crippen LogP contribution in [0.4, 0.5) is 0 Å². The first-order valence-electron chi connectivity index (χ1n) is 5.05. The number of hydrogen-bond donors (Lipinski definition) is 0. The lowest BCUT2D eigenvalue weighted by Gasteiger charge is -2.11. The SMILES string of the molecule is O=C(Cl)c1cccc(Cl)c1-c1cc(Cl)c(Cl)cc1Cl. The highest BCUT2D eigenvalue weighted by molar-refractivity contribution is 6.68. The summed E-state index contributed by atoms with van der Waals surface area (Å²) in [6.45, 7) is 0. The Hall–Kier alpha value is -0.440. The van der Waals surface area contributed by atoms with Crippen molar-refractivity contribution in [2.75, 3.05) is 0 Å². The molecule has 2 aromatic rings. The van der Waals surface area contributed by atoms with E-state index in [0.29, 0.717) is 31.2 Å². The van der Waals surface area contributed by atoms with E-state index in [9.17, 15) is 4.79 Å². The van der Waals surface area contributed by atoms with Crippen molar-refractivity contribution >= 4 is 63.2 Å². The Morgan fingerprint density at radius 2 is 1.47 bits per heavy atom. The molecule has 0 aliphatic rings. The molecule has 0 bridgehead atoms. The van der Waals surface area contributed by atoms with Gasteiger partial charge < -0.3 is 0 Å². The van der Waals surface area contributed by atoms with E-state index in [1.54, 1.807) is 24.3 Å². The molecule has 19 heavy (non-hydrogen) atoms. The van der Waals surface area contributed by atoms with Crippen LogP contribution in [-0.4, -0.2) is 5.24 Å². The first-order valence-corrected chi connectivity index (χ1v) is 6.94. The van der Waals surface area contributed by atoms with Gasteiger partial charge in [-0.2, -0.15) is 0 Å². The monoisotopic (exact) mass is 352 g/mol. The van der Waals surface area contributed by atoms with Crippen LogP contribution < -0.4 is 0 Å². The molecule has 0 spiro atoms. The van der Waals surface area contributed by atoms with Crippen LogP contribution in [0.2, 0.25) is 20.1 Å². The molecule has 0 saturated carbocycles. The maximum Gasteiger partial charge on any atom is 0.253 e. The summed E-state index contributed by atoms with van der Waals surface area (Å²) in [6, 6.07) is 7.88. The third-order valence-electron chi connectivity index (χ3n) is 2.50. The van der Waals surface area contributed by atoms with Crippen molar-refractivity contribution in [2.45, 2.75) is 0 Å². The molecule has 0 radical (unpaired) electrons. The van der Waals surface area contributed by atoms with Gasteiger partial charge in [-0.05, 0) is 35.9 Å². The van der Waals surface area contributed by atoms with E-state index in [-0.39, 0.29) is 5.56 Å². The normalized spacial score (nSPS) is 10.6. The van der Waals surface area contributed by atoms with E-state index in [0.717, 1.165) is 0 Å². The van der Waals surface area contributed by atoms with Gasteiger partial charge in [0.15, 0.2) is 0 Å². The first-order chi connectivity index (χ1) is 8.91. The smallest absolute Gasteiger partial charge is 0.253 e. The van der Waals surface area contributed by atoms with Gasteiger partial charge in [-0.3, -0.25) is 4.79 Å². The molecule has 0 unspecified atom stereocenters. The number of carbonyl (C=O) groups is 1. The number of carbonyl (C=O) groups excluding carboxylic acids is 1. The minimum absolute atomic E-state index is 0.259. The van der Waals surface area contributed by atoms with Gasteiger partial charge in [-0.25, -0.2) is 0 Å². The molecule has 0 aliphatic heterocycles. The summed E-state index contributed by atoms with van der Waals surface area (Å²) >= 11 is 29.7. The quantitative estimate of drug-likeness (QED) is 0.454. The van der Waals surface area contributed by atoms with Gasteiger partial charge in [0.2, 0.25) is 0 Å². The highest BCUT2D eigenvalue weighted by Crippen LogP contribution is 2.40. The Morgan fingerprint density at radius 1 is 0.842 bits per heavy atom. The van der Waals surface area contributed by atoms with E-state index in [4.69, 9.17) is 58.0 Å². The molecule has 0 saturated heterocycles. The average molecular weight is 354 g/mol. The predicted molar refractivity (Wildman–Crippen MR) is 82.1 cm³/mol. The molecular weight excluding hydrogens is 349 g/mol. The summed E-state index contributed by atoms with van der Waals surface area (Å²) in [7, 11) is 0. The van der Waals surface area contributed by atoms with Crippen LogP contribution in [0.1, 0.15) is 10.4 Å². The minimum atomic E-state index is -0.625. The topological polar surface area (TPSA) is 17.1 Å². The maximum atomic E-state index is 11.5. The van der Waals surface area contributed by atoms with Gasteiger partial charge in [0, 0.05) is 21.7 Å². The van der Waals surface area contributed by atoms with Crippen molar-refractivity contribution in [2.24, 2.45) is 0 Å².